The Bertz CT molecular complexity index is 1630. The predicted molar refractivity (Wildman–Crippen MR) is 160 cm³/mol. The number of anilines is 1. The molecule has 1 N–H and O–H groups in total. The average molecular weight is 515 g/mol. The maximum absolute atomic E-state index is 4.94. The van der Waals surface area contributed by atoms with Crippen molar-refractivity contribution in [3.63, 3.8) is 0 Å². The number of imidazole rings is 1. The van der Waals surface area contributed by atoms with Crippen LogP contribution in [0, 0.1) is 0 Å². The smallest absolute Gasteiger partial charge is 0.125 e. The Balaban J connectivity index is 1.25. The predicted octanol–water partition coefficient (Wildman–Crippen LogP) is 8.61. The van der Waals surface area contributed by atoms with Crippen molar-refractivity contribution in [2.24, 2.45) is 0 Å². The maximum atomic E-state index is 4.94. The van der Waals surface area contributed by atoms with E-state index in [0.29, 0.717) is 12.5 Å². The molecular weight excluding hydrogens is 484 g/mol. The van der Waals surface area contributed by atoms with E-state index in [1.165, 1.54) is 27.0 Å². The molecule has 0 atom stereocenters. The molecule has 0 aliphatic heterocycles. The van der Waals surface area contributed by atoms with Gasteiger partial charge in [0.05, 0.1) is 28.8 Å². The monoisotopic (exact) mass is 514 g/mol. The minimum atomic E-state index is 0.541. The molecule has 0 fully saturated rings. The highest BCUT2D eigenvalue weighted by molar-refractivity contribution is 7.21. The van der Waals surface area contributed by atoms with E-state index in [-0.39, 0.29) is 0 Å². The number of benzene rings is 4. The van der Waals surface area contributed by atoms with Gasteiger partial charge in [0.2, 0.25) is 0 Å². The molecule has 38 heavy (non-hydrogen) atoms. The van der Waals surface area contributed by atoms with Crippen LogP contribution >= 0.6 is 11.3 Å². The molecule has 6 aromatic rings. The van der Waals surface area contributed by atoms with Gasteiger partial charge in [-0.15, -0.1) is 11.3 Å². The molecule has 6 rings (SSSR count). The zero-order chi connectivity index (χ0) is 25.9. The summed E-state index contributed by atoms with van der Waals surface area (Å²) in [5.74, 6) is 0.541. The fourth-order valence-electron chi connectivity index (χ4n) is 4.72. The van der Waals surface area contributed by atoms with E-state index >= 15 is 0 Å². The molecule has 0 saturated carbocycles. The largest absolute Gasteiger partial charge is 0.379 e. The topological polar surface area (TPSA) is 42.7 Å². The van der Waals surface area contributed by atoms with E-state index in [0.717, 1.165) is 34.0 Å². The summed E-state index contributed by atoms with van der Waals surface area (Å²) in [5.41, 5.74) is 9.41. The van der Waals surface area contributed by atoms with Crippen LogP contribution in [0.3, 0.4) is 0 Å². The van der Waals surface area contributed by atoms with Crippen LogP contribution in [0.5, 0.6) is 0 Å². The number of fused-ring (bicyclic) bond motifs is 1. The number of para-hydroxylation sites is 1. The Kier molecular flexibility index (Phi) is 6.76. The van der Waals surface area contributed by atoms with E-state index < -0.39 is 0 Å². The number of nitrogens with one attached hydrogen (secondary N) is 1. The molecule has 0 saturated heterocycles. The van der Waals surface area contributed by atoms with E-state index in [1.54, 1.807) is 11.3 Å². The summed E-state index contributed by atoms with van der Waals surface area (Å²) in [5, 5.41) is 4.67. The van der Waals surface area contributed by atoms with Gasteiger partial charge in [0.1, 0.15) is 5.01 Å². The van der Waals surface area contributed by atoms with Gasteiger partial charge >= 0.3 is 0 Å². The van der Waals surface area contributed by atoms with Gasteiger partial charge in [0.15, 0.2) is 0 Å². The quantitative estimate of drug-likeness (QED) is 0.221. The number of aromatic nitrogens is 3. The van der Waals surface area contributed by atoms with Crippen molar-refractivity contribution in [2.75, 3.05) is 5.32 Å². The first-order chi connectivity index (χ1) is 18.6. The van der Waals surface area contributed by atoms with Crippen LogP contribution in [0.1, 0.15) is 36.6 Å². The Morgan fingerprint density at radius 1 is 0.842 bits per heavy atom. The second-order valence-corrected chi connectivity index (χ2v) is 10.9. The minimum Gasteiger partial charge on any atom is -0.379 e. The van der Waals surface area contributed by atoms with Crippen molar-refractivity contribution in [3.05, 3.63) is 126 Å². The number of rotatable bonds is 8. The summed E-state index contributed by atoms with van der Waals surface area (Å²) < 4.78 is 3.42. The summed E-state index contributed by atoms with van der Waals surface area (Å²) in [6.45, 7) is 5.95. The van der Waals surface area contributed by atoms with Gasteiger partial charge in [-0.1, -0.05) is 80.6 Å². The van der Waals surface area contributed by atoms with Crippen molar-refractivity contribution in [2.45, 2.75) is 32.9 Å². The van der Waals surface area contributed by atoms with Crippen molar-refractivity contribution < 1.29 is 0 Å². The highest BCUT2D eigenvalue weighted by atomic mass is 32.1. The second-order valence-electron chi connectivity index (χ2n) is 9.88. The SMILES string of the molecule is CC(C)c1ccc(Cn2cncc2CNc2ccc(-c3nc4ccccc4s3)c(-c3ccccc3)c2)cc1. The zero-order valence-corrected chi connectivity index (χ0v) is 22.5. The van der Waals surface area contributed by atoms with Crippen molar-refractivity contribution in [3.8, 4) is 21.7 Å². The standard InChI is InChI=1S/C33H30N4S/c1-23(2)25-14-12-24(13-15-25)21-37-22-34-19-28(37)20-35-27-16-17-29(30(18-27)26-8-4-3-5-9-26)33-36-31-10-6-7-11-32(31)38-33/h3-19,22-23,35H,20-21H2,1-2H3. The molecule has 0 aliphatic carbocycles. The lowest BCUT2D eigenvalue weighted by atomic mass is 9.99. The van der Waals surface area contributed by atoms with Gasteiger partial charge in [-0.3, -0.25) is 0 Å². The summed E-state index contributed by atoms with van der Waals surface area (Å²) in [6, 6.07) is 34.4. The van der Waals surface area contributed by atoms with Crippen LogP contribution in [-0.4, -0.2) is 14.5 Å². The Morgan fingerprint density at radius 3 is 2.42 bits per heavy atom. The summed E-state index contributed by atoms with van der Waals surface area (Å²) in [4.78, 5) is 9.37. The van der Waals surface area contributed by atoms with Crippen LogP contribution in [0.25, 0.3) is 31.9 Å². The highest BCUT2D eigenvalue weighted by Crippen LogP contribution is 2.38. The third-order valence-electron chi connectivity index (χ3n) is 6.90. The summed E-state index contributed by atoms with van der Waals surface area (Å²) in [6.07, 6.45) is 3.86. The van der Waals surface area contributed by atoms with Crippen molar-refractivity contribution in [1.29, 1.82) is 0 Å². The summed E-state index contributed by atoms with van der Waals surface area (Å²) >= 11 is 1.74. The molecule has 4 nitrogen and oxygen atoms in total. The van der Waals surface area contributed by atoms with Crippen LogP contribution in [0.2, 0.25) is 0 Å². The lowest BCUT2D eigenvalue weighted by molar-refractivity contribution is 0.748. The van der Waals surface area contributed by atoms with Gasteiger partial charge in [-0.25, -0.2) is 9.97 Å². The van der Waals surface area contributed by atoms with Gasteiger partial charge in [0.25, 0.3) is 0 Å². The number of hydrogen-bond donors (Lipinski definition) is 1. The summed E-state index contributed by atoms with van der Waals surface area (Å²) in [7, 11) is 0. The Morgan fingerprint density at radius 2 is 1.63 bits per heavy atom. The molecule has 0 unspecified atom stereocenters. The lowest BCUT2D eigenvalue weighted by Gasteiger charge is -2.14. The molecule has 0 aliphatic rings. The fraction of sp³-hybridized carbons (Fsp3) is 0.152. The number of thiazole rings is 1. The molecule has 5 heteroatoms. The minimum absolute atomic E-state index is 0.541. The first-order valence-corrected chi connectivity index (χ1v) is 13.8. The molecule has 188 valence electrons. The van der Waals surface area contributed by atoms with Crippen LogP contribution in [-0.2, 0) is 13.1 Å². The average Bonchev–Trinajstić information content (AvgIpc) is 3.59. The maximum Gasteiger partial charge on any atom is 0.125 e. The molecule has 0 radical (unpaired) electrons. The zero-order valence-electron chi connectivity index (χ0n) is 21.6. The van der Waals surface area contributed by atoms with Gasteiger partial charge in [-0.05, 0) is 58.5 Å². The Labute approximate surface area is 227 Å². The van der Waals surface area contributed by atoms with Gasteiger partial charge < -0.3 is 9.88 Å². The molecule has 2 heterocycles. The van der Waals surface area contributed by atoms with Crippen LogP contribution < -0.4 is 5.32 Å². The van der Waals surface area contributed by atoms with E-state index in [4.69, 9.17) is 4.98 Å². The van der Waals surface area contributed by atoms with Crippen LogP contribution in [0.15, 0.2) is 110 Å². The molecule has 4 aromatic carbocycles. The van der Waals surface area contributed by atoms with Gasteiger partial charge in [0, 0.05) is 24.0 Å². The fourth-order valence-corrected chi connectivity index (χ4v) is 5.72. The van der Waals surface area contributed by atoms with E-state index in [2.05, 4.69) is 120 Å². The molecule has 0 bridgehead atoms. The molecular formula is C33H30N4S. The second kappa shape index (κ2) is 10.6. The van der Waals surface area contributed by atoms with Crippen LogP contribution in [0.4, 0.5) is 5.69 Å². The van der Waals surface area contributed by atoms with E-state index in [1.807, 2.05) is 18.6 Å². The normalized spacial score (nSPS) is 11.3. The lowest BCUT2D eigenvalue weighted by Crippen LogP contribution is -2.08. The Hall–Kier alpha value is -4.22. The highest BCUT2D eigenvalue weighted by Gasteiger charge is 2.13. The first-order valence-electron chi connectivity index (χ1n) is 13.0. The van der Waals surface area contributed by atoms with Gasteiger partial charge in [-0.2, -0.15) is 0 Å². The first kappa shape index (κ1) is 24.1. The molecule has 2 aromatic heterocycles. The van der Waals surface area contributed by atoms with Crippen molar-refractivity contribution >= 4 is 27.2 Å². The number of hydrogen-bond acceptors (Lipinski definition) is 4. The number of nitrogens with zero attached hydrogens (tertiary/aromatic N) is 3. The third-order valence-corrected chi connectivity index (χ3v) is 7.97. The third kappa shape index (κ3) is 5.11. The van der Waals surface area contributed by atoms with E-state index in [9.17, 15) is 0 Å². The molecule has 0 amide bonds. The molecule has 0 spiro atoms. The van der Waals surface area contributed by atoms with Crippen molar-refractivity contribution in [1.82, 2.24) is 14.5 Å².